The van der Waals surface area contributed by atoms with Crippen molar-refractivity contribution >= 4 is 45.0 Å². The second-order valence-corrected chi connectivity index (χ2v) is 8.04. The maximum absolute atomic E-state index is 12.5. The van der Waals surface area contributed by atoms with E-state index in [1.165, 1.54) is 18.2 Å². The molecule has 0 aliphatic carbocycles. The topological polar surface area (TPSA) is 137 Å². The first-order chi connectivity index (χ1) is 16.4. The molecule has 0 spiro atoms. The summed E-state index contributed by atoms with van der Waals surface area (Å²) in [7, 11) is 0. The zero-order valence-electron chi connectivity index (χ0n) is 17.9. The van der Waals surface area contributed by atoms with Crippen molar-refractivity contribution in [2.45, 2.75) is 12.5 Å². The van der Waals surface area contributed by atoms with Gasteiger partial charge >= 0.3 is 6.09 Å². The number of carbonyl (C=O) groups is 2. The van der Waals surface area contributed by atoms with E-state index in [0.717, 1.165) is 0 Å². The third-order valence-corrected chi connectivity index (χ3v) is 5.18. The third-order valence-electron chi connectivity index (χ3n) is 4.68. The van der Waals surface area contributed by atoms with Crippen LogP contribution in [0.2, 0.25) is 0 Å². The Kier molecular flexibility index (Phi) is 8.26. The molecule has 9 heteroatoms. The highest BCUT2D eigenvalue weighted by Crippen LogP contribution is 2.32. The van der Waals surface area contributed by atoms with E-state index in [1.807, 2.05) is 6.07 Å². The Hall–Kier alpha value is -4.29. The lowest BCUT2D eigenvalue weighted by Crippen LogP contribution is -2.17. The molecule has 2 amide bonds. The molecule has 0 unspecified atom stereocenters. The number of nitrogens with two attached hydrogens (primary N) is 1. The molecule has 3 rings (SSSR count). The van der Waals surface area contributed by atoms with Gasteiger partial charge in [-0.05, 0) is 60.7 Å². The summed E-state index contributed by atoms with van der Waals surface area (Å²) in [6, 6.07) is 19.9. The van der Waals surface area contributed by atoms with Crippen LogP contribution >= 0.6 is 15.9 Å². The number of amides is 2. The van der Waals surface area contributed by atoms with Crippen LogP contribution in [-0.2, 0) is 9.53 Å². The molecule has 1 atom stereocenters. The molecule has 0 heterocycles. The molecular formula is C25H21BrN4O4. The molecule has 0 saturated carbocycles. The molecule has 0 saturated heterocycles. The van der Waals surface area contributed by atoms with Crippen molar-refractivity contribution in [3.63, 3.8) is 0 Å². The molecule has 0 fully saturated rings. The number of benzene rings is 3. The van der Waals surface area contributed by atoms with Gasteiger partial charge in [0, 0.05) is 22.1 Å². The van der Waals surface area contributed by atoms with Crippen LogP contribution in [0.5, 0.6) is 5.75 Å². The van der Waals surface area contributed by atoms with Gasteiger partial charge in [-0.2, -0.15) is 5.26 Å². The number of nitrogens with zero attached hydrogens (tertiary/aromatic N) is 1. The predicted octanol–water partition coefficient (Wildman–Crippen LogP) is 5.48. The summed E-state index contributed by atoms with van der Waals surface area (Å²) in [6.07, 6.45) is 1.30. The van der Waals surface area contributed by atoms with Gasteiger partial charge in [-0.25, -0.2) is 4.79 Å². The number of nitrogens with one attached hydrogen (secondary N) is 2. The Morgan fingerprint density at radius 1 is 1.12 bits per heavy atom. The van der Waals surface area contributed by atoms with Gasteiger partial charge in [0.15, 0.2) is 0 Å². The highest BCUT2D eigenvalue weighted by Gasteiger charge is 2.20. The molecule has 0 bridgehead atoms. The summed E-state index contributed by atoms with van der Waals surface area (Å²) >= 11 is 3.35. The molecule has 0 aliphatic rings. The maximum Gasteiger partial charge on any atom is 0.412 e. The number of anilines is 3. The first kappa shape index (κ1) is 24.4. The molecule has 8 nitrogen and oxygen atoms in total. The zero-order chi connectivity index (χ0) is 24.5. The number of carbonyl (C=O) groups excluding carboxylic acids is 2. The van der Waals surface area contributed by atoms with Crippen LogP contribution in [0.3, 0.4) is 0 Å². The molecular weight excluding hydrogens is 500 g/mol. The van der Waals surface area contributed by atoms with E-state index in [1.54, 1.807) is 60.7 Å². The lowest BCUT2D eigenvalue weighted by atomic mass is 10.0. The highest BCUT2D eigenvalue weighted by molar-refractivity contribution is 9.10. The molecule has 0 aromatic heterocycles. The monoisotopic (exact) mass is 520 g/mol. The minimum Gasteiger partial charge on any atom is -0.508 e. The minimum atomic E-state index is -0.887. The molecule has 0 radical (unpaired) electrons. The van der Waals surface area contributed by atoms with Gasteiger partial charge in [0.2, 0.25) is 5.91 Å². The van der Waals surface area contributed by atoms with Crippen molar-refractivity contribution in [3.8, 4) is 11.8 Å². The number of nitriles is 1. The number of phenols is 1. The SMILES string of the molecule is N#Cc1ccc(NC(=O)O[C@@H](C/C=C/C(=O)Nc2ccccc2N)c2cc(Br)ccc2O)cc1. The van der Waals surface area contributed by atoms with Crippen molar-refractivity contribution < 1.29 is 19.4 Å². The van der Waals surface area contributed by atoms with Crippen molar-refractivity contribution in [1.29, 1.82) is 5.26 Å². The Morgan fingerprint density at radius 3 is 2.56 bits per heavy atom. The number of para-hydroxylation sites is 2. The molecule has 172 valence electrons. The van der Waals surface area contributed by atoms with Gasteiger partial charge in [-0.3, -0.25) is 10.1 Å². The molecule has 0 aliphatic heterocycles. The molecule has 5 N–H and O–H groups in total. The Morgan fingerprint density at radius 2 is 1.85 bits per heavy atom. The fourth-order valence-electron chi connectivity index (χ4n) is 3.01. The highest BCUT2D eigenvalue weighted by atomic mass is 79.9. The Bertz CT molecular complexity index is 1250. The van der Waals surface area contributed by atoms with Gasteiger partial charge in [0.25, 0.3) is 0 Å². The van der Waals surface area contributed by atoms with Crippen LogP contribution in [0.15, 0.2) is 83.4 Å². The number of ether oxygens (including phenoxy) is 1. The van der Waals surface area contributed by atoms with E-state index < -0.39 is 18.1 Å². The van der Waals surface area contributed by atoms with Gasteiger partial charge in [-0.15, -0.1) is 0 Å². The van der Waals surface area contributed by atoms with Crippen molar-refractivity contribution in [2.75, 3.05) is 16.4 Å². The standard InChI is InChI=1S/C25H21BrN4O4/c26-17-10-13-22(31)19(14-17)23(34-25(33)29-18-11-8-16(15-27)9-12-18)6-3-7-24(32)30-21-5-2-1-4-20(21)28/h1-5,7-14,23,31H,6,28H2,(H,29,33)(H,30,32)/b7-3+/t23-/m0/s1. The number of hydrogen-bond donors (Lipinski definition) is 4. The van der Waals surface area contributed by atoms with Crippen LogP contribution in [0.4, 0.5) is 21.9 Å². The second kappa shape index (κ2) is 11.5. The lowest BCUT2D eigenvalue weighted by Gasteiger charge is -2.19. The average Bonchev–Trinajstić information content (AvgIpc) is 2.82. The summed E-state index contributed by atoms with van der Waals surface area (Å²) in [5, 5.41) is 24.5. The van der Waals surface area contributed by atoms with Crippen LogP contribution in [0.1, 0.15) is 23.7 Å². The maximum atomic E-state index is 12.5. The summed E-state index contributed by atoms with van der Waals surface area (Å²) in [6.45, 7) is 0. The fraction of sp³-hybridized carbons (Fsp3) is 0.0800. The number of halogens is 1. The summed E-state index contributed by atoms with van der Waals surface area (Å²) in [5.41, 5.74) is 8.01. The van der Waals surface area contributed by atoms with Crippen LogP contribution < -0.4 is 16.4 Å². The van der Waals surface area contributed by atoms with Gasteiger partial charge in [-0.1, -0.05) is 34.1 Å². The first-order valence-corrected chi connectivity index (χ1v) is 10.9. The molecule has 34 heavy (non-hydrogen) atoms. The van der Waals surface area contributed by atoms with E-state index in [0.29, 0.717) is 32.7 Å². The Labute approximate surface area is 204 Å². The van der Waals surface area contributed by atoms with E-state index >= 15 is 0 Å². The zero-order valence-corrected chi connectivity index (χ0v) is 19.5. The van der Waals surface area contributed by atoms with Crippen LogP contribution in [0.25, 0.3) is 0 Å². The lowest BCUT2D eigenvalue weighted by molar-refractivity contribution is -0.111. The smallest absolute Gasteiger partial charge is 0.412 e. The Balaban J connectivity index is 1.71. The van der Waals surface area contributed by atoms with E-state index in [9.17, 15) is 14.7 Å². The summed E-state index contributed by atoms with van der Waals surface area (Å²) < 4.78 is 6.24. The van der Waals surface area contributed by atoms with E-state index in [-0.39, 0.29) is 12.2 Å². The van der Waals surface area contributed by atoms with Crippen LogP contribution in [-0.4, -0.2) is 17.1 Å². The molecule has 3 aromatic carbocycles. The number of phenolic OH excluding ortho intramolecular Hbond substituents is 1. The average molecular weight is 521 g/mol. The normalized spacial score (nSPS) is 11.4. The predicted molar refractivity (Wildman–Crippen MR) is 133 cm³/mol. The van der Waals surface area contributed by atoms with Gasteiger partial charge in [0.1, 0.15) is 11.9 Å². The quantitative estimate of drug-likeness (QED) is 0.240. The third kappa shape index (κ3) is 6.85. The van der Waals surface area contributed by atoms with Crippen molar-refractivity contribution in [1.82, 2.24) is 0 Å². The summed E-state index contributed by atoms with van der Waals surface area (Å²) in [4.78, 5) is 24.8. The number of nitrogen functional groups attached to an aromatic ring is 1. The van der Waals surface area contributed by atoms with Crippen molar-refractivity contribution in [2.24, 2.45) is 0 Å². The first-order valence-electron chi connectivity index (χ1n) is 10.1. The van der Waals surface area contributed by atoms with Gasteiger partial charge < -0.3 is 20.9 Å². The summed E-state index contributed by atoms with van der Waals surface area (Å²) in [5.74, 6) is -0.466. The largest absolute Gasteiger partial charge is 0.508 e. The number of aromatic hydroxyl groups is 1. The minimum absolute atomic E-state index is 0.0608. The van der Waals surface area contributed by atoms with Crippen molar-refractivity contribution in [3.05, 3.63) is 94.5 Å². The second-order valence-electron chi connectivity index (χ2n) is 7.13. The van der Waals surface area contributed by atoms with Crippen LogP contribution in [0, 0.1) is 11.3 Å². The number of rotatable bonds is 7. The van der Waals surface area contributed by atoms with E-state index in [4.69, 9.17) is 15.7 Å². The fourth-order valence-corrected chi connectivity index (χ4v) is 3.39. The number of hydrogen-bond acceptors (Lipinski definition) is 6. The molecule has 3 aromatic rings. The van der Waals surface area contributed by atoms with E-state index in [2.05, 4.69) is 26.6 Å². The van der Waals surface area contributed by atoms with Gasteiger partial charge in [0.05, 0.1) is 23.0 Å².